The first kappa shape index (κ1) is 19.8. The summed E-state index contributed by atoms with van der Waals surface area (Å²) in [5, 5.41) is 3.04. The molecular formula is C22H26N2O2S2. The normalized spacial score (nSPS) is 20.9. The van der Waals surface area contributed by atoms with Crippen molar-refractivity contribution in [3.8, 4) is 0 Å². The van der Waals surface area contributed by atoms with Crippen LogP contribution in [-0.2, 0) is 11.3 Å². The lowest BCUT2D eigenvalue weighted by Gasteiger charge is -2.33. The molecule has 0 bridgehead atoms. The predicted octanol–water partition coefficient (Wildman–Crippen LogP) is 3.80. The Hall–Kier alpha value is -1.47. The van der Waals surface area contributed by atoms with Gasteiger partial charge in [-0.3, -0.25) is 9.69 Å². The molecule has 0 saturated carbocycles. The summed E-state index contributed by atoms with van der Waals surface area (Å²) < 4.78 is 6.37. The monoisotopic (exact) mass is 414 g/mol. The van der Waals surface area contributed by atoms with E-state index in [4.69, 9.17) is 4.74 Å². The quantitative estimate of drug-likeness (QED) is 0.779. The van der Waals surface area contributed by atoms with Crippen LogP contribution in [0.5, 0.6) is 0 Å². The minimum Gasteiger partial charge on any atom is -0.374 e. The first-order chi connectivity index (χ1) is 13.8. The second-order valence-corrected chi connectivity index (χ2v) is 9.84. The maximum absolute atomic E-state index is 12.5. The van der Waals surface area contributed by atoms with Crippen LogP contribution in [0, 0.1) is 0 Å². The fourth-order valence-electron chi connectivity index (χ4n) is 3.54. The van der Waals surface area contributed by atoms with Crippen LogP contribution in [0.3, 0.4) is 0 Å². The lowest BCUT2D eigenvalue weighted by Crippen LogP contribution is -2.47. The summed E-state index contributed by atoms with van der Waals surface area (Å²) in [6.07, 6.45) is 0.0342. The van der Waals surface area contributed by atoms with Crippen LogP contribution in [0.1, 0.15) is 26.1 Å². The van der Waals surface area contributed by atoms with Gasteiger partial charge in [-0.15, -0.1) is 23.5 Å². The van der Waals surface area contributed by atoms with Gasteiger partial charge in [-0.05, 0) is 23.3 Å². The zero-order valence-corrected chi connectivity index (χ0v) is 17.5. The van der Waals surface area contributed by atoms with Crippen molar-refractivity contribution < 1.29 is 9.53 Å². The fourth-order valence-corrected chi connectivity index (χ4v) is 6.40. The number of rotatable bonds is 6. The molecule has 2 fully saturated rings. The van der Waals surface area contributed by atoms with Crippen LogP contribution >= 0.6 is 23.5 Å². The Morgan fingerprint density at radius 1 is 1.07 bits per heavy atom. The van der Waals surface area contributed by atoms with Crippen molar-refractivity contribution in [2.75, 3.05) is 37.7 Å². The minimum atomic E-state index is -0.0259. The Balaban J connectivity index is 1.25. The second-order valence-electron chi connectivity index (χ2n) is 7.12. The molecule has 2 aromatic rings. The summed E-state index contributed by atoms with van der Waals surface area (Å²) in [6, 6.07) is 18.5. The van der Waals surface area contributed by atoms with Gasteiger partial charge in [0.2, 0.25) is 0 Å². The molecule has 2 heterocycles. The third-order valence-corrected chi connectivity index (χ3v) is 8.13. The van der Waals surface area contributed by atoms with Crippen LogP contribution in [0.4, 0.5) is 0 Å². The Kier molecular flexibility index (Phi) is 6.96. The van der Waals surface area contributed by atoms with Gasteiger partial charge in [0.1, 0.15) is 0 Å². The molecule has 0 radical (unpaired) electrons. The minimum absolute atomic E-state index is 0.0259. The topological polar surface area (TPSA) is 41.6 Å². The highest BCUT2D eigenvalue weighted by molar-refractivity contribution is 8.19. The van der Waals surface area contributed by atoms with Crippen molar-refractivity contribution >= 4 is 29.4 Å². The molecule has 0 aliphatic carbocycles. The van der Waals surface area contributed by atoms with Crippen molar-refractivity contribution in [1.82, 2.24) is 10.2 Å². The Labute approximate surface area is 175 Å². The van der Waals surface area contributed by atoms with Crippen molar-refractivity contribution in [3.63, 3.8) is 0 Å². The van der Waals surface area contributed by atoms with E-state index in [0.717, 1.165) is 19.6 Å². The molecule has 28 heavy (non-hydrogen) atoms. The van der Waals surface area contributed by atoms with Crippen molar-refractivity contribution in [2.24, 2.45) is 0 Å². The molecule has 2 aromatic carbocycles. The van der Waals surface area contributed by atoms with Crippen LogP contribution in [-0.4, -0.2) is 54.7 Å². The van der Waals surface area contributed by atoms with Gasteiger partial charge in [-0.1, -0.05) is 42.5 Å². The van der Waals surface area contributed by atoms with Gasteiger partial charge >= 0.3 is 0 Å². The first-order valence-corrected chi connectivity index (χ1v) is 11.9. The number of nitrogens with one attached hydrogen (secondary N) is 1. The number of hydrogen-bond acceptors (Lipinski definition) is 5. The maximum atomic E-state index is 12.5. The molecule has 2 aliphatic rings. The molecule has 0 aromatic heterocycles. The Morgan fingerprint density at radius 2 is 1.82 bits per heavy atom. The van der Waals surface area contributed by atoms with Crippen LogP contribution in [0.15, 0.2) is 54.6 Å². The molecule has 0 spiro atoms. The summed E-state index contributed by atoms with van der Waals surface area (Å²) in [5.74, 6) is 2.39. The zero-order chi connectivity index (χ0) is 19.2. The number of benzene rings is 2. The zero-order valence-electron chi connectivity index (χ0n) is 15.9. The third kappa shape index (κ3) is 5.32. The van der Waals surface area contributed by atoms with Crippen molar-refractivity contribution in [3.05, 3.63) is 71.3 Å². The average Bonchev–Trinajstić information content (AvgIpc) is 3.28. The van der Waals surface area contributed by atoms with E-state index in [1.54, 1.807) is 0 Å². The molecule has 6 heteroatoms. The van der Waals surface area contributed by atoms with E-state index in [2.05, 4.69) is 46.6 Å². The highest BCUT2D eigenvalue weighted by atomic mass is 32.2. The highest BCUT2D eigenvalue weighted by Gasteiger charge is 2.22. The summed E-state index contributed by atoms with van der Waals surface area (Å²) in [4.78, 5) is 14.9. The molecule has 1 N–H and O–H groups in total. The van der Waals surface area contributed by atoms with E-state index in [1.807, 2.05) is 41.7 Å². The van der Waals surface area contributed by atoms with Gasteiger partial charge in [0.25, 0.3) is 5.91 Å². The van der Waals surface area contributed by atoms with Gasteiger partial charge in [0, 0.05) is 43.2 Å². The van der Waals surface area contributed by atoms with Gasteiger partial charge in [0.05, 0.1) is 17.3 Å². The van der Waals surface area contributed by atoms with Gasteiger partial charge in [-0.25, -0.2) is 0 Å². The molecule has 4 rings (SSSR count). The number of amides is 1. The standard InChI is InChI=1S/C22H26N2O2S2/c25-21(18-6-8-19(9-7-18)22-27-12-13-28-22)23-14-20-16-24(10-11-26-20)15-17-4-2-1-3-5-17/h1-9,20,22H,10-16H2,(H,23,25). The van der Waals surface area contributed by atoms with E-state index in [-0.39, 0.29) is 12.0 Å². The molecule has 2 saturated heterocycles. The van der Waals surface area contributed by atoms with E-state index in [0.29, 0.717) is 23.3 Å². The van der Waals surface area contributed by atoms with Crippen LogP contribution in [0.25, 0.3) is 0 Å². The number of thioether (sulfide) groups is 2. The first-order valence-electron chi connectivity index (χ1n) is 9.77. The summed E-state index contributed by atoms with van der Waals surface area (Å²) in [7, 11) is 0. The maximum Gasteiger partial charge on any atom is 0.251 e. The molecule has 2 aliphatic heterocycles. The Bertz CT molecular complexity index is 764. The number of hydrogen-bond donors (Lipinski definition) is 1. The number of nitrogens with zero attached hydrogens (tertiary/aromatic N) is 1. The second kappa shape index (κ2) is 9.83. The number of carbonyl (C=O) groups is 1. The van der Waals surface area contributed by atoms with Crippen LogP contribution in [0.2, 0.25) is 0 Å². The Morgan fingerprint density at radius 3 is 2.57 bits per heavy atom. The average molecular weight is 415 g/mol. The SMILES string of the molecule is O=C(NCC1CN(Cc2ccccc2)CCO1)c1ccc(C2SCCS2)cc1. The van der Waals surface area contributed by atoms with Crippen molar-refractivity contribution in [1.29, 1.82) is 0 Å². The fraction of sp³-hybridized carbons (Fsp3) is 0.409. The molecule has 1 atom stereocenters. The summed E-state index contributed by atoms with van der Waals surface area (Å²) in [6.45, 7) is 3.94. The largest absolute Gasteiger partial charge is 0.374 e. The highest BCUT2D eigenvalue weighted by Crippen LogP contribution is 2.45. The molecule has 148 valence electrons. The molecule has 4 nitrogen and oxygen atoms in total. The lowest BCUT2D eigenvalue weighted by atomic mass is 10.1. The predicted molar refractivity (Wildman–Crippen MR) is 118 cm³/mol. The van der Waals surface area contributed by atoms with E-state index < -0.39 is 0 Å². The van der Waals surface area contributed by atoms with E-state index in [1.165, 1.54) is 22.6 Å². The van der Waals surface area contributed by atoms with Gasteiger partial charge < -0.3 is 10.1 Å². The van der Waals surface area contributed by atoms with Gasteiger partial charge in [-0.2, -0.15) is 0 Å². The smallest absolute Gasteiger partial charge is 0.251 e. The van der Waals surface area contributed by atoms with E-state index >= 15 is 0 Å². The third-order valence-electron chi connectivity index (χ3n) is 5.03. The van der Waals surface area contributed by atoms with E-state index in [9.17, 15) is 4.79 Å². The van der Waals surface area contributed by atoms with Crippen molar-refractivity contribution in [2.45, 2.75) is 17.2 Å². The number of ether oxygens (including phenoxy) is 1. The van der Waals surface area contributed by atoms with Crippen LogP contribution < -0.4 is 5.32 Å². The summed E-state index contributed by atoms with van der Waals surface area (Å²) >= 11 is 3.96. The summed E-state index contributed by atoms with van der Waals surface area (Å²) in [5.41, 5.74) is 3.33. The number of morpholine rings is 1. The lowest BCUT2D eigenvalue weighted by molar-refractivity contribution is -0.0292. The molecule has 1 unspecified atom stereocenters. The molecule has 1 amide bonds. The van der Waals surface area contributed by atoms with Gasteiger partial charge in [0.15, 0.2) is 0 Å². The molecular weight excluding hydrogens is 388 g/mol. The number of carbonyl (C=O) groups excluding carboxylic acids is 1.